The first-order valence-electron chi connectivity index (χ1n) is 13.1. The quantitative estimate of drug-likeness (QED) is 0.286. The van der Waals surface area contributed by atoms with Crippen LogP contribution in [0.25, 0.3) is 0 Å². The van der Waals surface area contributed by atoms with Crippen molar-refractivity contribution in [3.8, 4) is 5.75 Å². The van der Waals surface area contributed by atoms with Crippen LogP contribution in [0, 0.1) is 23.6 Å². The first-order chi connectivity index (χ1) is 19.8. The van der Waals surface area contributed by atoms with Crippen molar-refractivity contribution in [1.29, 1.82) is 0 Å². The van der Waals surface area contributed by atoms with Crippen molar-refractivity contribution in [2.24, 2.45) is 17.8 Å². The van der Waals surface area contributed by atoms with Gasteiger partial charge in [-0.15, -0.1) is 23.2 Å². The van der Waals surface area contributed by atoms with Crippen LogP contribution in [0.5, 0.6) is 5.75 Å². The number of carboxylic acids is 1. The minimum atomic E-state index is -2.22. The lowest BCUT2D eigenvalue weighted by molar-refractivity contribution is -0.142. The summed E-state index contributed by atoms with van der Waals surface area (Å²) in [5.41, 5.74) is 0.554. The number of carbonyl (C=O) groups is 5. The van der Waals surface area contributed by atoms with Crippen LogP contribution in [-0.2, 0) is 24.0 Å². The number of aliphatic carboxylic acids is 1. The minimum Gasteiger partial charge on any atom is -0.508 e. The lowest BCUT2D eigenvalue weighted by Gasteiger charge is -2.50. The van der Waals surface area contributed by atoms with Gasteiger partial charge in [-0.3, -0.25) is 28.9 Å². The van der Waals surface area contributed by atoms with Crippen molar-refractivity contribution < 1.29 is 38.6 Å². The van der Waals surface area contributed by atoms with Gasteiger partial charge in [-0.05, 0) is 61.2 Å². The Bertz CT molecular complexity index is 1610. The van der Waals surface area contributed by atoms with Gasteiger partial charge < -0.3 is 10.2 Å². The lowest BCUT2D eigenvalue weighted by Crippen LogP contribution is -2.60. The van der Waals surface area contributed by atoms with Gasteiger partial charge in [0.25, 0.3) is 11.8 Å². The topological polar surface area (TPSA) is 132 Å². The Labute approximate surface area is 253 Å². The molecule has 0 bridgehead atoms. The molecule has 2 saturated heterocycles. The molecule has 6 unspecified atom stereocenters. The fourth-order valence-corrected chi connectivity index (χ4v) is 8.10. The summed E-state index contributed by atoms with van der Waals surface area (Å²) >= 11 is 20.7. The first-order valence-corrected chi connectivity index (χ1v) is 14.2. The maximum Gasteiger partial charge on any atom is 0.305 e. The van der Waals surface area contributed by atoms with Gasteiger partial charge in [0.05, 0.1) is 23.9 Å². The standard InChI is InChI=1S/C29H22Cl3FN2O7/c30-13-1-8-20(36)18(11-13)23-16-6-7-17-22(25(40)34(24(17)39)10-9-21(37)38)19(16)12-28(31)26(41)35(27(42)29(23,28)32)15-4-2-14(33)3-5-15/h1-6,8,11,17,19,22-23,36H,7,9-10,12H2,(H,37,38). The molecular weight excluding hydrogens is 614 g/mol. The SMILES string of the molecule is O=C(O)CCN1C(=O)C2CC=C3C(CC4(Cl)C(=O)N(c5ccc(F)cc5)C(=O)C4(Cl)C3c3cc(Cl)ccc3O)C2C1=O. The molecule has 6 rings (SSSR count). The number of rotatable bonds is 5. The summed E-state index contributed by atoms with van der Waals surface area (Å²) in [5, 5.41) is 20.3. The molecule has 2 aliphatic heterocycles. The third kappa shape index (κ3) is 3.84. The van der Waals surface area contributed by atoms with Crippen LogP contribution in [-0.4, -0.2) is 61.0 Å². The molecule has 0 radical (unpaired) electrons. The average molecular weight is 636 g/mol. The van der Waals surface area contributed by atoms with Crippen molar-refractivity contribution in [3.05, 3.63) is 70.5 Å². The normalized spacial score (nSPS) is 32.0. The number of hydrogen-bond acceptors (Lipinski definition) is 6. The molecule has 2 aromatic rings. The minimum absolute atomic E-state index is 0.0247. The van der Waals surface area contributed by atoms with Gasteiger partial charge in [-0.25, -0.2) is 9.29 Å². The zero-order chi connectivity index (χ0) is 30.3. The predicted octanol–water partition coefficient (Wildman–Crippen LogP) is 4.22. The van der Waals surface area contributed by atoms with Crippen molar-refractivity contribution in [2.45, 2.75) is 34.9 Å². The highest BCUT2D eigenvalue weighted by Gasteiger charge is 2.76. The fraction of sp³-hybridized carbons (Fsp3) is 0.345. The molecule has 42 heavy (non-hydrogen) atoms. The number of imide groups is 2. The molecule has 2 N–H and O–H groups in total. The van der Waals surface area contributed by atoms with Gasteiger partial charge in [0.1, 0.15) is 11.6 Å². The Balaban J connectivity index is 1.53. The van der Waals surface area contributed by atoms with Crippen LogP contribution < -0.4 is 4.90 Å². The summed E-state index contributed by atoms with van der Waals surface area (Å²) < 4.78 is 13.7. The Kier molecular flexibility index (Phi) is 6.67. The Morgan fingerprint density at radius 2 is 1.69 bits per heavy atom. The Morgan fingerprint density at radius 1 is 1.00 bits per heavy atom. The van der Waals surface area contributed by atoms with Gasteiger partial charge in [0.15, 0.2) is 9.75 Å². The molecule has 13 heteroatoms. The van der Waals surface area contributed by atoms with Crippen molar-refractivity contribution in [3.63, 3.8) is 0 Å². The zero-order valence-corrected chi connectivity index (χ0v) is 23.9. The number of nitrogens with zero attached hydrogens (tertiary/aromatic N) is 2. The Hall–Kier alpha value is -3.47. The van der Waals surface area contributed by atoms with Crippen LogP contribution in [0.1, 0.15) is 30.7 Å². The van der Waals surface area contributed by atoms with Crippen LogP contribution in [0.3, 0.4) is 0 Å². The number of phenolic OH excluding ortho intramolecular Hbond substituents is 1. The van der Waals surface area contributed by atoms with Gasteiger partial charge in [0.2, 0.25) is 11.8 Å². The summed E-state index contributed by atoms with van der Waals surface area (Å²) in [6.45, 7) is -0.318. The molecule has 4 aliphatic rings. The molecule has 2 heterocycles. The summed E-state index contributed by atoms with van der Waals surface area (Å²) in [6.07, 6.45) is 1.01. The number of benzene rings is 2. The van der Waals surface area contributed by atoms with Crippen LogP contribution in [0.4, 0.5) is 10.1 Å². The number of halogens is 4. The molecule has 2 aromatic carbocycles. The summed E-state index contributed by atoms with van der Waals surface area (Å²) in [7, 11) is 0. The predicted molar refractivity (Wildman–Crippen MR) is 149 cm³/mol. The number of fused-ring (bicyclic) bond motifs is 4. The first kappa shape index (κ1) is 28.6. The molecule has 6 atom stereocenters. The van der Waals surface area contributed by atoms with E-state index in [1.165, 1.54) is 30.3 Å². The largest absolute Gasteiger partial charge is 0.508 e. The highest BCUT2D eigenvalue weighted by Crippen LogP contribution is 2.66. The number of alkyl halides is 2. The van der Waals surface area contributed by atoms with E-state index in [0.29, 0.717) is 5.57 Å². The second kappa shape index (κ2) is 9.79. The molecule has 9 nitrogen and oxygen atoms in total. The molecule has 1 saturated carbocycles. The van der Waals surface area contributed by atoms with E-state index in [1.807, 2.05) is 0 Å². The van der Waals surface area contributed by atoms with E-state index >= 15 is 0 Å². The third-order valence-electron chi connectivity index (χ3n) is 8.84. The van der Waals surface area contributed by atoms with Crippen LogP contribution >= 0.6 is 34.8 Å². The summed E-state index contributed by atoms with van der Waals surface area (Å²) in [4.78, 5) is 63.7. The van der Waals surface area contributed by atoms with E-state index < -0.39 is 75.3 Å². The number of aromatic hydroxyl groups is 1. The van der Waals surface area contributed by atoms with Gasteiger partial charge >= 0.3 is 5.97 Å². The number of carboxylic acid groups (broad SMARTS) is 1. The molecule has 4 amide bonds. The number of phenols is 1. The van der Waals surface area contributed by atoms with E-state index in [4.69, 9.17) is 39.9 Å². The van der Waals surface area contributed by atoms with E-state index in [1.54, 1.807) is 6.08 Å². The second-order valence-electron chi connectivity index (χ2n) is 10.9. The monoisotopic (exact) mass is 634 g/mol. The van der Waals surface area contributed by atoms with E-state index in [0.717, 1.165) is 21.9 Å². The Morgan fingerprint density at radius 3 is 2.36 bits per heavy atom. The average Bonchev–Trinajstić information content (AvgIpc) is 3.27. The molecular formula is C29H22Cl3FN2O7. The number of hydrogen-bond donors (Lipinski definition) is 2. The highest BCUT2D eigenvalue weighted by molar-refractivity contribution is 6.58. The maximum absolute atomic E-state index is 14.2. The summed E-state index contributed by atoms with van der Waals surface area (Å²) in [5.74, 6) is -8.97. The lowest BCUT2D eigenvalue weighted by atomic mass is 9.56. The van der Waals surface area contributed by atoms with Crippen molar-refractivity contribution in [2.75, 3.05) is 11.4 Å². The molecule has 3 fully saturated rings. The molecule has 0 spiro atoms. The van der Waals surface area contributed by atoms with Gasteiger partial charge in [-0.2, -0.15) is 0 Å². The third-order valence-corrected chi connectivity index (χ3v) is 10.5. The van der Waals surface area contributed by atoms with Gasteiger partial charge in [-0.1, -0.05) is 23.3 Å². The van der Waals surface area contributed by atoms with Crippen LogP contribution in [0.15, 0.2) is 54.1 Å². The van der Waals surface area contributed by atoms with Crippen molar-refractivity contribution >= 4 is 70.1 Å². The number of carbonyl (C=O) groups excluding carboxylic acids is 4. The van der Waals surface area contributed by atoms with Crippen molar-refractivity contribution in [1.82, 2.24) is 4.90 Å². The van der Waals surface area contributed by atoms with Crippen LogP contribution in [0.2, 0.25) is 5.02 Å². The number of allylic oxidation sites excluding steroid dienone is 2. The fourth-order valence-electron chi connectivity index (χ4n) is 6.99. The van der Waals surface area contributed by atoms with E-state index in [-0.39, 0.29) is 41.4 Å². The molecule has 2 aliphatic carbocycles. The smallest absolute Gasteiger partial charge is 0.305 e. The summed E-state index contributed by atoms with van der Waals surface area (Å²) in [6, 6.07) is 8.74. The number of likely N-dealkylation sites (tertiary alicyclic amines) is 1. The molecule has 218 valence electrons. The number of amides is 4. The highest BCUT2D eigenvalue weighted by atomic mass is 35.5. The number of anilines is 1. The zero-order valence-electron chi connectivity index (χ0n) is 21.6. The van der Waals surface area contributed by atoms with Gasteiger partial charge in [0, 0.05) is 23.0 Å². The maximum atomic E-state index is 14.2. The van der Waals surface area contributed by atoms with E-state index in [9.17, 15) is 33.5 Å². The second-order valence-corrected chi connectivity index (χ2v) is 12.6. The molecule has 0 aromatic heterocycles. The van der Waals surface area contributed by atoms with E-state index in [2.05, 4.69) is 0 Å².